The van der Waals surface area contributed by atoms with Crippen LogP contribution in [0.3, 0.4) is 0 Å². The summed E-state index contributed by atoms with van der Waals surface area (Å²) in [6, 6.07) is 4.08. The summed E-state index contributed by atoms with van der Waals surface area (Å²) in [4.78, 5) is 3.02. The van der Waals surface area contributed by atoms with E-state index in [1.807, 2.05) is 36.4 Å². The minimum atomic E-state index is 0.812. The van der Waals surface area contributed by atoms with E-state index in [9.17, 15) is 0 Å². The molecule has 0 fully saturated rings. The molecule has 0 aliphatic rings. The first kappa shape index (κ1) is 9.02. The molecule has 0 aliphatic heterocycles. The SMILES string of the molecule is Cn1ccc(CNCc2cc[nH]c2)n1. The number of aromatic amines is 1. The molecule has 0 saturated carbocycles. The van der Waals surface area contributed by atoms with E-state index in [0.717, 1.165) is 18.8 Å². The van der Waals surface area contributed by atoms with Gasteiger partial charge in [-0.3, -0.25) is 4.68 Å². The van der Waals surface area contributed by atoms with Crippen molar-refractivity contribution in [2.45, 2.75) is 13.1 Å². The number of nitrogens with one attached hydrogen (secondary N) is 2. The molecule has 0 saturated heterocycles. The van der Waals surface area contributed by atoms with Crippen LogP contribution >= 0.6 is 0 Å². The van der Waals surface area contributed by atoms with Crippen LogP contribution in [-0.4, -0.2) is 14.8 Å². The predicted molar refractivity (Wildman–Crippen MR) is 54.5 cm³/mol. The van der Waals surface area contributed by atoms with Gasteiger partial charge < -0.3 is 10.3 Å². The van der Waals surface area contributed by atoms with E-state index >= 15 is 0 Å². The van der Waals surface area contributed by atoms with Crippen molar-refractivity contribution in [3.63, 3.8) is 0 Å². The van der Waals surface area contributed by atoms with Crippen molar-refractivity contribution in [1.29, 1.82) is 0 Å². The lowest BCUT2D eigenvalue weighted by Gasteiger charge is -1.99. The van der Waals surface area contributed by atoms with Crippen LogP contribution in [0.1, 0.15) is 11.3 Å². The molecule has 2 aromatic heterocycles. The number of aryl methyl sites for hydroxylation is 1. The van der Waals surface area contributed by atoms with Crippen molar-refractivity contribution in [1.82, 2.24) is 20.1 Å². The van der Waals surface area contributed by atoms with Crippen LogP contribution in [0.5, 0.6) is 0 Å². The molecular weight excluding hydrogens is 176 g/mol. The molecule has 0 radical (unpaired) electrons. The van der Waals surface area contributed by atoms with Gasteiger partial charge in [0, 0.05) is 38.7 Å². The number of H-pyrrole nitrogens is 1. The Balaban J connectivity index is 1.78. The molecule has 0 spiro atoms. The van der Waals surface area contributed by atoms with Crippen LogP contribution < -0.4 is 5.32 Å². The van der Waals surface area contributed by atoms with Gasteiger partial charge in [0.05, 0.1) is 5.69 Å². The first-order chi connectivity index (χ1) is 6.84. The molecule has 74 valence electrons. The smallest absolute Gasteiger partial charge is 0.0762 e. The average molecular weight is 190 g/mol. The Morgan fingerprint density at radius 3 is 3.00 bits per heavy atom. The molecule has 0 unspecified atom stereocenters. The van der Waals surface area contributed by atoms with Crippen molar-refractivity contribution < 1.29 is 0 Å². The Bertz CT molecular complexity index is 374. The van der Waals surface area contributed by atoms with Gasteiger partial charge in [-0.2, -0.15) is 5.10 Å². The summed E-state index contributed by atoms with van der Waals surface area (Å²) in [5.41, 5.74) is 2.34. The Morgan fingerprint density at radius 2 is 2.36 bits per heavy atom. The highest BCUT2D eigenvalue weighted by Gasteiger charge is 1.96. The van der Waals surface area contributed by atoms with Crippen LogP contribution in [0.15, 0.2) is 30.7 Å². The second-order valence-electron chi connectivity index (χ2n) is 3.30. The van der Waals surface area contributed by atoms with Gasteiger partial charge >= 0.3 is 0 Å². The monoisotopic (exact) mass is 190 g/mol. The van der Waals surface area contributed by atoms with E-state index < -0.39 is 0 Å². The average Bonchev–Trinajstić information content (AvgIpc) is 2.77. The van der Waals surface area contributed by atoms with E-state index in [1.54, 1.807) is 0 Å². The Morgan fingerprint density at radius 1 is 1.43 bits per heavy atom. The fourth-order valence-corrected chi connectivity index (χ4v) is 1.36. The lowest BCUT2D eigenvalue weighted by molar-refractivity contribution is 0.657. The maximum Gasteiger partial charge on any atom is 0.0762 e. The van der Waals surface area contributed by atoms with Crippen molar-refractivity contribution in [2.75, 3.05) is 0 Å². The molecule has 4 heteroatoms. The fourth-order valence-electron chi connectivity index (χ4n) is 1.36. The van der Waals surface area contributed by atoms with Crippen LogP contribution in [0.2, 0.25) is 0 Å². The van der Waals surface area contributed by atoms with Gasteiger partial charge in [-0.25, -0.2) is 0 Å². The van der Waals surface area contributed by atoms with Gasteiger partial charge in [-0.15, -0.1) is 0 Å². The first-order valence-electron chi connectivity index (χ1n) is 4.65. The van der Waals surface area contributed by atoms with Crippen molar-refractivity contribution in [3.05, 3.63) is 42.0 Å². The summed E-state index contributed by atoms with van der Waals surface area (Å²) in [6.45, 7) is 1.69. The number of rotatable bonds is 4. The van der Waals surface area contributed by atoms with E-state index in [1.165, 1.54) is 5.56 Å². The maximum atomic E-state index is 4.28. The molecule has 4 nitrogen and oxygen atoms in total. The standard InChI is InChI=1S/C10H14N4/c1-14-5-3-10(13-14)8-12-7-9-2-4-11-6-9/h2-6,11-12H,7-8H2,1H3. The molecule has 0 bridgehead atoms. The van der Waals surface area contributed by atoms with E-state index in [4.69, 9.17) is 0 Å². The number of hydrogen-bond acceptors (Lipinski definition) is 2. The molecular formula is C10H14N4. The zero-order valence-electron chi connectivity index (χ0n) is 8.20. The Kier molecular flexibility index (Phi) is 2.65. The second kappa shape index (κ2) is 4.11. The minimum absolute atomic E-state index is 0.812. The summed E-state index contributed by atoms with van der Waals surface area (Å²) < 4.78 is 1.81. The quantitative estimate of drug-likeness (QED) is 0.756. The van der Waals surface area contributed by atoms with Gasteiger partial charge in [0.1, 0.15) is 0 Å². The molecule has 2 heterocycles. The predicted octanol–water partition coefficient (Wildman–Crippen LogP) is 1.04. The van der Waals surface area contributed by atoms with Crippen molar-refractivity contribution in [2.24, 2.45) is 7.05 Å². The van der Waals surface area contributed by atoms with Crippen molar-refractivity contribution >= 4 is 0 Å². The zero-order chi connectivity index (χ0) is 9.80. The maximum absolute atomic E-state index is 4.28. The van der Waals surface area contributed by atoms with Gasteiger partial charge in [-0.1, -0.05) is 0 Å². The molecule has 0 amide bonds. The number of hydrogen-bond donors (Lipinski definition) is 2. The van der Waals surface area contributed by atoms with Gasteiger partial charge in [0.15, 0.2) is 0 Å². The summed E-state index contributed by atoms with van der Waals surface area (Å²) >= 11 is 0. The van der Waals surface area contributed by atoms with Crippen molar-refractivity contribution in [3.8, 4) is 0 Å². The van der Waals surface area contributed by atoms with Crippen LogP contribution in [0.25, 0.3) is 0 Å². The molecule has 0 aliphatic carbocycles. The highest BCUT2D eigenvalue weighted by molar-refractivity contribution is 5.08. The third-order valence-electron chi connectivity index (χ3n) is 2.07. The normalized spacial score (nSPS) is 10.6. The first-order valence-corrected chi connectivity index (χ1v) is 4.65. The highest BCUT2D eigenvalue weighted by Crippen LogP contribution is 1.97. The van der Waals surface area contributed by atoms with Gasteiger partial charge in [0.2, 0.25) is 0 Å². The molecule has 2 N–H and O–H groups in total. The highest BCUT2D eigenvalue weighted by atomic mass is 15.3. The van der Waals surface area contributed by atoms with Gasteiger partial charge in [-0.05, 0) is 17.7 Å². The third-order valence-corrected chi connectivity index (χ3v) is 2.07. The topological polar surface area (TPSA) is 45.6 Å². The van der Waals surface area contributed by atoms with E-state index in [0.29, 0.717) is 0 Å². The number of aromatic nitrogens is 3. The lowest BCUT2D eigenvalue weighted by atomic mass is 10.3. The Labute approximate surface area is 82.9 Å². The fraction of sp³-hybridized carbons (Fsp3) is 0.300. The molecule has 0 aromatic carbocycles. The van der Waals surface area contributed by atoms with E-state index in [2.05, 4.69) is 21.5 Å². The van der Waals surface area contributed by atoms with Crippen LogP contribution in [0.4, 0.5) is 0 Å². The Hall–Kier alpha value is -1.55. The van der Waals surface area contributed by atoms with E-state index in [-0.39, 0.29) is 0 Å². The largest absolute Gasteiger partial charge is 0.367 e. The van der Waals surface area contributed by atoms with Crippen LogP contribution in [0, 0.1) is 0 Å². The summed E-state index contributed by atoms with van der Waals surface area (Å²) in [5, 5.41) is 7.60. The molecule has 2 aromatic rings. The van der Waals surface area contributed by atoms with Gasteiger partial charge in [0.25, 0.3) is 0 Å². The third kappa shape index (κ3) is 2.23. The molecule has 0 atom stereocenters. The molecule has 2 rings (SSSR count). The summed E-state index contributed by atoms with van der Waals surface area (Å²) in [6.07, 6.45) is 5.87. The lowest BCUT2D eigenvalue weighted by Crippen LogP contribution is -2.12. The summed E-state index contributed by atoms with van der Waals surface area (Å²) in [7, 11) is 1.93. The second-order valence-corrected chi connectivity index (χ2v) is 3.30. The number of nitrogens with zero attached hydrogens (tertiary/aromatic N) is 2. The van der Waals surface area contributed by atoms with Crippen LogP contribution in [-0.2, 0) is 20.1 Å². The summed E-state index contributed by atoms with van der Waals surface area (Å²) in [5.74, 6) is 0. The minimum Gasteiger partial charge on any atom is -0.367 e. The molecule has 14 heavy (non-hydrogen) atoms. The zero-order valence-corrected chi connectivity index (χ0v) is 8.20.